The van der Waals surface area contributed by atoms with Gasteiger partial charge in [-0.25, -0.2) is 0 Å². The second-order valence-electron chi connectivity index (χ2n) is 4.34. The van der Waals surface area contributed by atoms with Gasteiger partial charge in [-0.3, -0.25) is 4.99 Å². The minimum Gasteiger partial charge on any atom is -0.361 e. The van der Waals surface area contributed by atoms with Crippen molar-refractivity contribution in [1.29, 1.82) is 0 Å². The van der Waals surface area contributed by atoms with Crippen LogP contribution in [0, 0.1) is 5.92 Å². The SMILES string of the molecule is CC1C=C(c2c[nH]c3ccccc23)C=NC1. The molecule has 0 fully saturated rings. The maximum atomic E-state index is 4.40. The fraction of sp³-hybridized carbons (Fsp3) is 0.214. The lowest BCUT2D eigenvalue weighted by Gasteiger charge is -2.10. The van der Waals surface area contributed by atoms with Crippen molar-refractivity contribution >= 4 is 22.7 Å². The number of para-hydroxylation sites is 1. The topological polar surface area (TPSA) is 28.1 Å². The van der Waals surface area contributed by atoms with Crippen LogP contribution in [0.5, 0.6) is 0 Å². The lowest BCUT2D eigenvalue weighted by molar-refractivity contribution is 0.740. The molecule has 0 saturated heterocycles. The van der Waals surface area contributed by atoms with Crippen LogP contribution in [0.15, 0.2) is 41.5 Å². The molecule has 16 heavy (non-hydrogen) atoms. The zero-order chi connectivity index (χ0) is 11.0. The summed E-state index contributed by atoms with van der Waals surface area (Å²) in [6.07, 6.45) is 6.35. The Labute approximate surface area is 94.7 Å². The number of dihydropyridines is 1. The summed E-state index contributed by atoms with van der Waals surface area (Å²) in [5.41, 5.74) is 3.67. The molecule has 2 heterocycles. The Balaban J connectivity index is 2.16. The van der Waals surface area contributed by atoms with Crippen LogP contribution in [0.25, 0.3) is 16.5 Å². The highest BCUT2D eigenvalue weighted by atomic mass is 14.7. The zero-order valence-corrected chi connectivity index (χ0v) is 9.27. The summed E-state index contributed by atoms with van der Waals surface area (Å²) in [5, 5.41) is 1.27. The third-order valence-electron chi connectivity index (χ3n) is 2.99. The molecule has 0 amide bonds. The van der Waals surface area contributed by atoms with Gasteiger partial charge in [0.15, 0.2) is 0 Å². The van der Waals surface area contributed by atoms with E-state index in [-0.39, 0.29) is 0 Å². The van der Waals surface area contributed by atoms with E-state index in [0.29, 0.717) is 5.92 Å². The summed E-state index contributed by atoms with van der Waals surface area (Å²) >= 11 is 0. The van der Waals surface area contributed by atoms with Crippen molar-refractivity contribution in [1.82, 2.24) is 4.98 Å². The van der Waals surface area contributed by atoms with Gasteiger partial charge in [0.25, 0.3) is 0 Å². The number of aromatic amines is 1. The predicted octanol–water partition coefficient (Wildman–Crippen LogP) is 3.27. The molecule has 1 aliphatic rings. The molecule has 1 atom stereocenters. The quantitative estimate of drug-likeness (QED) is 0.748. The molecular formula is C14H14N2. The van der Waals surface area contributed by atoms with E-state index in [9.17, 15) is 0 Å². The number of benzene rings is 1. The average molecular weight is 210 g/mol. The fourth-order valence-corrected chi connectivity index (χ4v) is 2.19. The van der Waals surface area contributed by atoms with Crippen molar-refractivity contribution in [2.24, 2.45) is 10.9 Å². The highest BCUT2D eigenvalue weighted by Crippen LogP contribution is 2.26. The van der Waals surface area contributed by atoms with Gasteiger partial charge in [0.1, 0.15) is 0 Å². The molecular weight excluding hydrogens is 196 g/mol. The molecule has 2 aromatic rings. The van der Waals surface area contributed by atoms with Gasteiger partial charge in [-0.1, -0.05) is 31.2 Å². The number of fused-ring (bicyclic) bond motifs is 1. The van der Waals surface area contributed by atoms with Crippen LogP contribution < -0.4 is 0 Å². The van der Waals surface area contributed by atoms with Crippen LogP contribution in [-0.2, 0) is 0 Å². The molecule has 1 aromatic heterocycles. The molecule has 1 unspecified atom stereocenters. The lowest BCUT2D eigenvalue weighted by atomic mass is 9.99. The summed E-state index contributed by atoms with van der Waals surface area (Å²) in [4.78, 5) is 7.69. The van der Waals surface area contributed by atoms with E-state index in [4.69, 9.17) is 0 Å². The van der Waals surface area contributed by atoms with Crippen molar-refractivity contribution in [2.75, 3.05) is 6.54 Å². The molecule has 0 bridgehead atoms. The molecule has 1 aliphatic heterocycles. The molecule has 0 radical (unpaired) electrons. The number of aliphatic imine (C=N–C) groups is 1. The second kappa shape index (κ2) is 3.63. The Hall–Kier alpha value is -1.83. The van der Waals surface area contributed by atoms with Gasteiger partial charge in [0.05, 0.1) is 0 Å². The Kier molecular flexibility index (Phi) is 2.13. The number of hydrogen-bond acceptors (Lipinski definition) is 1. The van der Waals surface area contributed by atoms with Gasteiger partial charge < -0.3 is 4.98 Å². The van der Waals surface area contributed by atoms with Crippen molar-refractivity contribution in [2.45, 2.75) is 6.92 Å². The van der Waals surface area contributed by atoms with Crippen LogP contribution in [0.1, 0.15) is 12.5 Å². The first-order valence-corrected chi connectivity index (χ1v) is 5.63. The molecule has 0 spiro atoms. The smallest absolute Gasteiger partial charge is 0.0460 e. The number of H-pyrrole nitrogens is 1. The maximum absolute atomic E-state index is 4.40. The van der Waals surface area contributed by atoms with Gasteiger partial charge in [-0.05, 0) is 17.6 Å². The molecule has 80 valence electrons. The van der Waals surface area contributed by atoms with E-state index in [1.807, 2.05) is 6.21 Å². The minimum absolute atomic E-state index is 0.536. The van der Waals surface area contributed by atoms with Gasteiger partial charge in [-0.2, -0.15) is 0 Å². The van der Waals surface area contributed by atoms with Crippen LogP contribution in [0.2, 0.25) is 0 Å². The summed E-state index contributed by atoms with van der Waals surface area (Å²) in [6.45, 7) is 3.11. The monoisotopic (exact) mass is 210 g/mol. The zero-order valence-electron chi connectivity index (χ0n) is 9.27. The van der Waals surface area contributed by atoms with Crippen LogP contribution in [0.3, 0.4) is 0 Å². The van der Waals surface area contributed by atoms with Crippen molar-refractivity contribution in [3.8, 4) is 0 Å². The largest absolute Gasteiger partial charge is 0.361 e. The van der Waals surface area contributed by atoms with Crippen molar-refractivity contribution < 1.29 is 0 Å². The van der Waals surface area contributed by atoms with E-state index < -0.39 is 0 Å². The van der Waals surface area contributed by atoms with E-state index in [0.717, 1.165) is 6.54 Å². The maximum Gasteiger partial charge on any atom is 0.0460 e. The highest BCUT2D eigenvalue weighted by molar-refractivity contribution is 6.15. The normalized spacial score (nSPS) is 20.1. The fourth-order valence-electron chi connectivity index (χ4n) is 2.19. The molecule has 2 heteroatoms. The number of hydrogen-bond donors (Lipinski definition) is 1. The number of nitrogens with one attached hydrogen (secondary N) is 1. The number of nitrogens with zero attached hydrogens (tertiary/aromatic N) is 1. The first-order chi connectivity index (χ1) is 7.84. The summed E-state index contributed by atoms with van der Waals surface area (Å²) in [7, 11) is 0. The molecule has 0 aliphatic carbocycles. The predicted molar refractivity (Wildman–Crippen MR) is 68.8 cm³/mol. The molecule has 3 rings (SSSR count). The number of aromatic nitrogens is 1. The van der Waals surface area contributed by atoms with Gasteiger partial charge in [0, 0.05) is 35.4 Å². The van der Waals surface area contributed by atoms with E-state index in [2.05, 4.69) is 53.4 Å². The standard InChI is InChI=1S/C14H14N2/c1-10-6-11(8-15-7-10)13-9-16-14-5-3-2-4-12(13)14/h2-6,8-10,16H,7H2,1H3. The Bertz CT molecular complexity index is 575. The summed E-state index contributed by atoms with van der Waals surface area (Å²) in [5.74, 6) is 0.536. The Morgan fingerprint density at radius 1 is 1.31 bits per heavy atom. The average Bonchev–Trinajstić information content (AvgIpc) is 2.72. The third kappa shape index (κ3) is 1.47. The lowest BCUT2D eigenvalue weighted by Crippen LogP contribution is -2.03. The minimum atomic E-state index is 0.536. The molecule has 1 aromatic carbocycles. The van der Waals surface area contributed by atoms with Gasteiger partial charge in [0.2, 0.25) is 0 Å². The highest BCUT2D eigenvalue weighted by Gasteiger charge is 2.10. The molecule has 0 saturated carbocycles. The van der Waals surface area contributed by atoms with E-state index in [1.54, 1.807) is 0 Å². The first kappa shape index (κ1) is 9.40. The van der Waals surface area contributed by atoms with Gasteiger partial charge >= 0.3 is 0 Å². The second-order valence-corrected chi connectivity index (χ2v) is 4.34. The van der Waals surface area contributed by atoms with Crippen molar-refractivity contribution in [3.63, 3.8) is 0 Å². The van der Waals surface area contributed by atoms with E-state index >= 15 is 0 Å². The van der Waals surface area contributed by atoms with Crippen LogP contribution in [0.4, 0.5) is 0 Å². The van der Waals surface area contributed by atoms with Crippen molar-refractivity contribution in [3.05, 3.63) is 42.1 Å². The number of rotatable bonds is 1. The first-order valence-electron chi connectivity index (χ1n) is 5.63. The Morgan fingerprint density at radius 3 is 3.06 bits per heavy atom. The molecule has 1 N–H and O–H groups in total. The van der Waals surface area contributed by atoms with Gasteiger partial charge in [-0.15, -0.1) is 0 Å². The molecule has 2 nitrogen and oxygen atoms in total. The number of allylic oxidation sites excluding steroid dienone is 1. The summed E-state index contributed by atoms with van der Waals surface area (Å²) in [6, 6.07) is 8.37. The third-order valence-corrected chi connectivity index (χ3v) is 2.99. The summed E-state index contributed by atoms with van der Waals surface area (Å²) < 4.78 is 0. The Morgan fingerprint density at radius 2 is 2.19 bits per heavy atom. The van der Waals surface area contributed by atoms with Crippen LogP contribution >= 0.6 is 0 Å². The van der Waals surface area contributed by atoms with Crippen LogP contribution in [-0.4, -0.2) is 17.7 Å². The van der Waals surface area contributed by atoms with E-state index in [1.165, 1.54) is 22.0 Å².